The number of hydrogen-bond donors (Lipinski definition) is 3. The molecule has 1 atom stereocenters. The Balaban J connectivity index is 1.51. The summed E-state index contributed by atoms with van der Waals surface area (Å²) in [6.45, 7) is 0.863. The van der Waals surface area contributed by atoms with Crippen LogP contribution in [0.4, 0.5) is 14.5 Å². The smallest absolute Gasteiger partial charge is 0.242 e. The van der Waals surface area contributed by atoms with Crippen LogP contribution in [0, 0.1) is 17.6 Å². The maximum Gasteiger partial charge on any atom is 0.242 e. The average molecular weight is 444 g/mol. The van der Waals surface area contributed by atoms with Gasteiger partial charge in [-0.2, -0.15) is 0 Å². The van der Waals surface area contributed by atoms with Crippen molar-refractivity contribution in [2.24, 2.45) is 5.92 Å². The number of carbonyl (C=O) groups excluding carboxylic acids is 2. The van der Waals surface area contributed by atoms with Crippen LogP contribution in [0.5, 0.6) is 0 Å². The van der Waals surface area contributed by atoms with Crippen LogP contribution >= 0.6 is 0 Å². The third-order valence-electron chi connectivity index (χ3n) is 5.82. The summed E-state index contributed by atoms with van der Waals surface area (Å²) in [6, 6.07) is 11.2. The van der Waals surface area contributed by atoms with E-state index in [2.05, 4.69) is 16.0 Å². The number of nitrogens with one attached hydrogen (secondary N) is 3. The van der Waals surface area contributed by atoms with Gasteiger partial charge < -0.3 is 16.0 Å². The number of carbonyl (C=O) groups is 2. The van der Waals surface area contributed by atoms with E-state index >= 15 is 0 Å². The van der Waals surface area contributed by atoms with Crippen LogP contribution in [0.2, 0.25) is 0 Å². The maximum absolute atomic E-state index is 13.1. The van der Waals surface area contributed by atoms with Crippen LogP contribution in [0.15, 0.2) is 48.5 Å². The summed E-state index contributed by atoms with van der Waals surface area (Å²) in [5.41, 5.74) is 1.47. The molecule has 32 heavy (non-hydrogen) atoms. The lowest BCUT2D eigenvalue weighted by Crippen LogP contribution is -2.49. The highest BCUT2D eigenvalue weighted by molar-refractivity contribution is 5.88. The van der Waals surface area contributed by atoms with Crippen LogP contribution in [0.1, 0.15) is 44.1 Å². The minimum atomic E-state index is -0.600. The molecule has 3 rings (SSSR count). The molecule has 1 saturated carbocycles. The first-order valence-corrected chi connectivity index (χ1v) is 11.3. The van der Waals surface area contributed by atoms with Crippen molar-refractivity contribution in [1.29, 1.82) is 0 Å². The summed E-state index contributed by atoms with van der Waals surface area (Å²) in [5, 5.41) is 8.90. The second kappa shape index (κ2) is 12.2. The van der Waals surface area contributed by atoms with Crippen LogP contribution in [-0.2, 0) is 16.0 Å². The maximum atomic E-state index is 13.1. The van der Waals surface area contributed by atoms with Crippen molar-refractivity contribution in [2.75, 3.05) is 18.4 Å². The van der Waals surface area contributed by atoms with E-state index in [0.717, 1.165) is 31.4 Å². The molecule has 172 valence electrons. The number of halogens is 2. The fraction of sp³-hybridized carbons (Fsp3) is 0.440. The third kappa shape index (κ3) is 7.94. The highest BCUT2D eigenvalue weighted by Gasteiger charge is 2.25. The van der Waals surface area contributed by atoms with E-state index in [1.807, 2.05) is 0 Å². The molecule has 2 aromatic carbocycles. The Kier molecular flexibility index (Phi) is 9.01. The van der Waals surface area contributed by atoms with Crippen LogP contribution in [0.3, 0.4) is 0 Å². The summed E-state index contributed by atoms with van der Waals surface area (Å²) in [7, 11) is 0. The molecule has 2 aromatic rings. The Morgan fingerprint density at radius 3 is 2.16 bits per heavy atom. The van der Waals surface area contributed by atoms with Gasteiger partial charge in [0.25, 0.3) is 0 Å². The lowest BCUT2D eigenvalue weighted by Gasteiger charge is -2.26. The average Bonchev–Trinajstić information content (AvgIpc) is 2.79. The van der Waals surface area contributed by atoms with Gasteiger partial charge in [-0.25, -0.2) is 8.78 Å². The fourth-order valence-electron chi connectivity index (χ4n) is 4.10. The number of benzene rings is 2. The first-order chi connectivity index (χ1) is 15.5. The minimum Gasteiger partial charge on any atom is -0.383 e. The van der Waals surface area contributed by atoms with E-state index in [4.69, 9.17) is 0 Å². The number of hydrogen-bond acceptors (Lipinski definition) is 3. The number of amides is 2. The third-order valence-corrected chi connectivity index (χ3v) is 5.82. The monoisotopic (exact) mass is 443 g/mol. The van der Waals surface area contributed by atoms with E-state index in [1.54, 1.807) is 24.3 Å². The summed E-state index contributed by atoms with van der Waals surface area (Å²) in [6.07, 6.45) is 6.40. The predicted octanol–water partition coefficient (Wildman–Crippen LogP) is 4.19. The molecule has 1 fully saturated rings. The molecule has 3 N–H and O–H groups in total. The summed E-state index contributed by atoms with van der Waals surface area (Å²) >= 11 is 0. The quantitative estimate of drug-likeness (QED) is 0.482. The largest absolute Gasteiger partial charge is 0.383 e. The molecule has 0 aliphatic heterocycles. The van der Waals surface area contributed by atoms with Gasteiger partial charge in [-0.1, -0.05) is 44.2 Å². The summed E-state index contributed by atoms with van der Waals surface area (Å²) < 4.78 is 26.1. The zero-order valence-corrected chi connectivity index (χ0v) is 18.2. The molecular weight excluding hydrogens is 412 g/mol. The van der Waals surface area contributed by atoms with E-state index in [1.165, 1.54) is 30.7 Å². The molecule has 0 spiro atoms. The van der Waals surface area contributed by atoms with Crippen molar-refractivity contribution < 1.29 is 18.4 Å². The van der Waals surface area contributed by atoms with Gasteiger partial charge in [0.1, 0.15) is 17.7 Å². The molecule has 5 nitrogen and oxygen atoms in total. The van der Waals surface area contributed by atoms with Gasteiger partial charge in [-0.15, -0.1) is 0 Å². The van der Waals surface area contributed by atoms with E-state index in [-0.39, 0.29) is 29.9 Å². The van der Waals surface area contributed by atoms with Gasteiger partial charge in [-0.3, -0.25) is 9.59 Å². The van der Waals surface area contributed by atoms with Crippen molar-refractivity contribution in [3.8, 4) is 0 Å². The van der Waals surface area contributed by atoms with Crippen molar-refractivity contribution in [2.45, 2.75) is 51.0 Å². The molecule has 0 radical (unpaired) electrons. The Morgan fingerprint density at radius 1 is 0.875 bits per heavy atom. The van der Waals surface area contributed by atoms with Crippen molar-refractivity contribution in [1.82, 2.24) is 10.6 Å². The molecule has 0 aromatic heterocycles. The Bertz CT molecular complexity index is 866. The van der Waals surface area contributed by atoms with Gasteiger partial charge in [-0.05, 0) is 54.3 Å². The number of rotatable bonds is 10. The van der Waals surface area contributed by atoms with Gasteiger partial charge in [0.15, 0.2) is 0 Å². The second-order valence-corrected chi connectivity index (χ2v) is 8.39. The van der Waals surface area contributed by atoms with Gasteiger partial charge >= 0.3 is 0 Å². The van der Waals surface area contributed by atoms with Gasteiger partial charge in [0.05, 0.1) is 6.42 Å². The van der Waals surface area contributed by atoms with Crippen LogP contribution in [-0.4, -0.2) is 30.9 Å². The molecule has 0 saturated heterocycles. The van der Waals surface area contributed by atoms with E-state index < -0.39 is 6.04 Å². The Morgan fingerprint density at radius 2 is 1.50 bits per heavy atom. The van der Waals surface area contributed by atoms with Crippen molar-refractivity contribution in [3.63, 3.8) is 0 Å². The first kappa shape index (κ1) is 23.7. The molecule has 0 heterocycles. The summed E-state index contributed by atoms with van der Waals surface area (Å²) in [5.74, 6) is -0.687. The highest BCUT2D eigenvalue weighted by atomic mass is 19.1. The molecule has 1 aliphatic rings. The summed E-state index contributed by atoms with van der Waals surface area (Å²) in [4.78, 5) is 25.4. The van der Waals surface area contributed by atoms with E-state index in [9.17, 15) is 18.4 Å². The zero-order chi connectivity index (χ0) is 22.8. The molecule has 0 unspecified atom stereocenters. The second-order valence-electron chi connectivity index (χ2n) is 8.39. The molecular formula is C25H31F2N3O2. The van der Waals surface area contributed by atoms with Gasteiger partial charge in [0.2, 0.25) is 11.8 Å². The zero-order valence-electron chi connectivity index (χ0n) is 18.2. The SMILES string of the molecule is O=C(Cc1ccc(F)cc1)N[C@@H](CC1CCCCC1)C(=O)NCCNc1ccc(F)cc1. The van der Waals surface area contributed by atoms with E-state index in [0.29, 0.717) is 31.0 Å². The predicted molar refractivity (Wildman–Crippen MR) is 121 cm³/mol. The highest BCUT2D eigenvalue weighted by Crippen LogP contribution is 2.27. The topological polar surface area (TPSA) is 70.2 Å². The molecule has 2 amide bonds. The molecule has 1 aliphatic carbocycles. The Hall–Kier alpha value is -2.96. The first-order valence-electron chi connectivity index (χ1n) is 11.3. The van der Waals surface area contributed by atoms with Gasteiger partial charge in [0, 0.05) is 18.8 Å². The number of anilines is 1. The Labute approximate surface area is 188 Å². The van der Waals surface area contributed by atoms with Crippen LogP contribution in [0.25, 0.3) is 0 Å². The standard InChI is InChI=1S/C25H31F2N3O2/c26-20-8-6-19(7-9-20)17-24(31)30-23(16-18-4-2-1-3-5-18)25(32)29-15-14-28-22-12-10-21(27)11-13-22/h6-13,18,23,28H,1-5,14-17H2,(H,29,32)(H,30,31)/t23-/m0/s1. The lowest BCUT2D eigenvalue weighted by atomic mass is 9.84. The van der Waals surface area contributed by atoms with Crippen LogP contribution < -0.4 is 16.0 Å². The fourth-order valence-corrected chi connectivity index (χ4v) is 4.10. The molecule has 7 heteroatoms. The van der Waals surface area contributed by atoms with Crippen molar-refractivity contribution in [3.05, 3.63) is 65.7 Å². The lowest BCUT2D eigenvalue weighted by molar-refractivity contribution is -0.129. The molecule has 0 bridgehead atoms. The van der Waals surface area contributed by atoms with Crippen molar-refractivity contribution >= 4 is 17.5 Å². The minimum absolute atomic E-state index is 0.0981. The normalized spacial score (nSPS) is 15.1.